The Balaban J connectivity index is 3.01. The molecule has 0 saturated heterocycles. The van der Waals surface area contributed by atoms with E-state index in [4.69, 9.17) is 10.3 Å². The summed E-state index contributed by atoms with van der Waals surface area (Å²) in [4.78, 5) is 10.4. The van der Waals surface area contributed by atoms with Crippen molar-refractivity contribution in [2.24, 2.45) is 0 Å². The minimum atomic E-state index is -1.04. The molecule has 0 fully saturated rings. The molecule has 5 heteroatoms. The number of thiophene rings is 1. The van der Waals surface area contributed by atoms with E-state index in [1.807, 2.05) is 0 Å². The Morgan fingerprint density at radius 1 is 1.70 bits per heavy atom. The number of aromatic carboxylic acids is 1. The highest BCUT2D eigenvalue weighted by Gasteiger charge is 2.09. The number of nitrogens with one attached hydrogen (secondary N) is 1. The molecule has 0 spiro atoms. The topological polar surface area (TPSA) is 69.6 Å². The van der Waals surface area contributed by atoms with Gasteiger partial charge in [-0.1, -0.05) is 0 Å². The molecule has 1 aromatic rings. The molecule has 1 rings (SSSR count). The van der Waals surface area contributed by atoms with E-state index >= 15 is 0 Å². The van der Waals surface area contributed by atoms with Gasteiger partial charge in [-0.3, -0.25) is 10.7 Å². The molecule has 0 aliphatic heterocycles. The van der Waals surface area contributed by atoms with Gasteiger partial charge < -0.3 is 5.11 Å². The Labute approximate surface area is 60.7 Å². The first-order valence-corrected chi connectivity index (χ1v) is 3.34. The van der Waals surface area contributed by atoms with Crippen LogP contribution in [0.2, 0.25) is 0 Å². The first-order valence-electron chi connectivity index (χ1n) is 2.46. The number of rotatable bonds is 2. The van der Waals surface area contributed by atoms with Gasteiger partial charge in [0.05, 0.1) is 5.69 Å². The van der Waals surface area contributed by atoms with E-state index in [1.165, 1.54) is 6.07 Å². The van der Waals surface area contributed by atoms with Crippen LogP contribution in [-0.2, 0) is 0 Å². The van der Waals surface area contributed by atoms with Gasteiger partial charge in [0.1, 0.15) is 4.88 Å². The number of anilines is 1. The first-order chi connectivity index (χ1) is 4.75. The lowest BCUT2D eigenvalue weighted by atomic mass is 10.4. The highest BCUT2D eigenvalue weighted by atomic mass is 32.1. The third kappa shape index (κ3) is 1.09. The molecular formula is C5H5NO3S. The van der Waals surface area contributed by atoms with E-state index < -0.39 is 5.97 Å². The maximum Gasteiger partial charge on any atom is 0.348 e. The fraction of sp³-hybridized carbons (Fsp3) is 0. The van der Waals surface area contributed by atoms with Gasteiger partial charge >= 0.3 is 5.97 Å². The second-order valence-corrected chi connectivity index (χ2v) is 2.50. The van der Waals surface area contributed by atoms with Crippen molar-refractivity contribution in [3.63, 3.8) is 0 Å². The zero-order chi connectivity index (χ0) is 7.56. The molecular weight excluding hydrogens is 154 g/mol. The summed E-state index contributed by atoms with van der Waals surface area (Å²) in [6.45, 7) is 0. The Kier molecular flexibility index (Phi) is 1.88. The summed E-state index contributed by atoms with van der Waals surface area (Å²) in [7, 11) is 0. The van der Waals surface area contributed by atoms with Crippen molar-refractivity contribution in [2.45, 2.75) is 0 Å². The average molecular weight is 159 g/mol. The molecule has 0 unspecified atom stereocenters. The summed E-state index contributed by atoms with van der Waals surface area (Å²) in [6, 6.07) is 1.49. The third-order valence-corrected chi connectivity index (χ3v) is 1.88. The lowest BCUT2D eigenvalue weighted by Gasteiger charge is -1.93. The fourth-order valence-electron chi connectivity index (χ4n) is 0.563. The van der Waals surface area contributed by atoms with E-state index in [0.717, 1.165) is 11.3 Å². The quantitative estimate of drug-likeness (QED) is 0.568. The van der Waals surface area contributed by atoms with E-state index in [0.29, 0.717) is 0 Å². The number of hydrogen-bond acceptors (Lipinski definition) is 4. The predicted octanol–water partition coefficient (Wildman–Crippen LogP) is 1.25. The smallest absolute Gasteiger partial charge is 0.348 e. The van der Waals surface area contributed by atoms with E-state index in [9.17, 15) is 4.79 Å². The maximum atomic E-state index is 10.3. The molecule has 54 valence electrons. The molecule has 0 bridgehead atoms. The van der Waals surface area contributed by atoms with Gasteiger partial charge in [0.25, 0.3) is 0 Å². The third-order valence-electron chi connectivity index (χ3n) is 0.980. The molecule has 10 heavy (non-hydrogen) atoms. The van der Waals surface area contributed by atoms with Crippen LogP contribution in [0.5, 0.6) is 0 Å². The van der Waals surface area contributed by atoms with E-state index in [2.05, 4.69) is 0 Å². The predicted molar refractivity (Wildman–Crippen MR) is 36.7 cm³/mol. The maximum absolute atomic E-state index is 10.3. The minimum absolute atomic E-state index is 0.113. The molecule has 0 radical (unpaired) electrons. The lowest BCUT2D eigenvalue weighted by molar-refractivity contribution is 0.0702. The molecule has 0 saturated carbocycles. The highest BCUT2D eigenvalue weighted by Crippen LogP contribution is 2.20. The summed E-state index contributed by atoms with van der Waals surface area (Å²) in [5.74, 6) is -1.04. The summed E-state index contributed by atoms with van der Waals surface area (Å²) >= 11 is 1.06. The Morgan fingerprint density at radius 3 is 2.80 bits per heavy atom. The van der Waals surface area contributed by atoms with Crippen LogP contribution in [0.15, 0.2) is 11.4 Å². The molecule has 4 nitrogen and oxygen atoms in total. The average Bonchev–Trinajstić information content (AvgIpc) is 2.33. The first kappa shape index (κ1) is 7.04. The van der Waals surface area contributed by atoms with Crippen molar-refractivity contribution >= 4 is 23.0 Å². The number of carboxylic acids is 1. The van der Waals surface area contributed by atoms with Crippen LogP contribution >= 0.6 is 11.3 Å². The summed E-state index contributed by atoms with van der Waals surface area (Å²) in [6.07, 6.45) is 0. The van der Waals surface area contributed by atoms with Crippen molar-refractivity contribution < 1.29 is 15.1 Å². The Bertz CT molecular complexity index is 245. The van der Waals surface area contributed by atoms with Crippen LogP contribution in [0.3, 0.4) is 0 Å². The zero-order valence-corrected chi connectivity index (χ0v) is 5.68. The minimum Gasteiger partial charge on any atom is -0.477 e. The molecule has 3 N–H and O–H groups in total. The van der Waals surface area contributed by atoms with Crippen LogP contribution < -0.4 is 5.48 Å². The zero-order valence-electron chi connectivity index (χ0n) is 4.87. The number of hydrogen-bond donors (Lipinski definition) is 3. The lowest BCUT2D eigenvalue weighted by Crippen LogP contribution is -1.97. The summed E-state index contributed by atoms with van der Waals surface area (Å²) < 4.78 is 0. The van der Waals surface area contributed by atoms with Gasteiger partial charge in [-0.25, -0.2) is 4.79 Å². The number of carboxylic acid groups (broad SMARTS) is 1. The SMILES string of the molecule is O=C(O)c1sccc1NO. The molecule has 0 aliphatic carbocycles. The monoisotopic (exact) mass is 159 g/mol. The van der Waals surface area contributed by atoms with Gasteiger partial charge in [0, 0.05) is 0 Å². The normalized spacial score (nSPS) is 9.30. The van der Waals surface area contributed by atoms with Crippen LogP contribution in [0.1, 0.15) is 9.67 Å². The van der Waals surface area contributed by atoms with Crippen molar-refractivity contribution in [1.29, 1.82) is 0 Å². The van der Waals surface area contributed by atoms with Gasteiger partial charge in [-0.2, -0.15) is 0 Å². The van der Waals surface area contributed by atoms with Crippen molar-refractivity contribution in [1.82, 2.24) is 0 Å². The molecule has 0 aliphatic rings. The van der Waals surface area contributed by atoms with Gasteiger partial charge in [-0.15, -0.1) is 11.3 Å². The van der Waals surface area contributed by atoms with Crippen molar-refractivity contribution in [3.8, 4) is 0 Å². The Morgan fingerprint density at radius 2 is 2.40 bits per heavy atom. The Hall–Kier alpha value is -1.07. The van der Waals surface area contributed by atoms with Gasteiger partial charge in [0.2, 0.25) is 0 Å². The van der Waals surface area contributed by atoms with Crippen LogP contribution in [0.4, 0.5) is 5.69 Å². The van der Waals surface area contributed by atoms with Gasteiger partial charge in [0.15, 0.2) is 0 Å². The van der Waals surface area contributed by atoms with E-state index in [1.54, 1.807) is 10.9 Å². The molecule has 0 amide bonds. The standard InChI is InChI=1S/C5H5NO3S/c7-5(8)4-3(6-9)1-2-10-4/h1-2,6,9H,(H,7,8). The van der Waals surface area contributed by atoms with Crippen molar-refractivity contribution in [2.75, 3.05) is 5.48 Å². The fourth-order valence-corrected chi connectivity index (χ4v) is 1.24. The second-order valence-electron chi connectivity index (χ2n) is 1.58. The van der Waals surface area contributed by atoms with Crippen molar-refractivity contribution in [3.05, 3.63) is 16.3 Å². The summed E-state index contributed by atoms with van der Waals surface area (Å²) in [5, 5.41) is 18.4. The highest BCUT2D eigenvalue weighted by molar-refractivity contribution is 7.12. The van der Waals surface area contributed by atoms with Crippen LogP contribution in [-0.4, -0.2) is 16.3 Å². The van der Waals surface area contributed by atoms with Gasteiger partial charge in [-0.05, 0) is 11.4 Å². The molecule has 0 aromatic carbocycles. The molecule has 1 heterocycles. The largest absolute Gasteiger partial charge is 0.477 e. The van der Waals surface area contributed by atoms with E-state index in [-0.39, 0.29) is 10.6 Å². The molecule has 1 aromatic heterocycles. The van der Waals surface area contributed by atoms with Crippen LogP contribution in [0, 0.1) is 0 Å². The second kappa shape index (κ2) is 2.68. The number of carbonyl (C=O) groups is 1. The van der Waals surface area contributed by atoms with Crippen LogP contribution in [0.25, 0.3) is 0 Å². The molecule has 0 atom stereocenters. The summed E-state index contributed by atoms with van der Waals surface area (Å²) in [5.41, 5.74) is 2.02.